The van der Waals surface area contributed by atoms with Crippen LogP contribution in [0.3, 0.4) is 0 Å². The number of carbonyl (C=O) groups is 1. The van der Waals surface area contributed by atoms with Crippen LogP contribution in [0, 0.1) is 23.2 Å². The van der Waals surface area contributed by atoms with Crippen molar-refractivity contribution in [3.63, 3.8) is 0 Å². The van der Waals surface area contributed by atoms with Crippen LogP contribution in [0.5, 0.6) is 0 Å². The minimum Gasteiger partial charge on any atom is -0.462 e. The number of nitrogens with zero attached hydrogens (tertiary/aromatic N) is 1. The van der Waals surface area contributed by atoms with Gasteiger partial charge in [-0.25, -0.2) is 4.79 Å². The quantitative estimate of drug-likeness (QED) is 0.394. The molecule has 2 aliphatic rings. The zero-order valence-electron chi connectivity index (χ0n) is 8.95. The Balaban J connectivity index is 2.22. The lowest BCUT2D eigenvalue weighted by molar-refractivity contribution is -0.138. The van der Waals surface area contributed by atoms with E-state index >= 15 is 0 Å². The van der Waals surface area contributed by atoms with Crippen LogP contribution in [-0.2, 0) is 9.53 Å². The summed E-state index contributed by atoms with van der Waals surface area (Å²) in [6.07, 6.45) is 4.51. The molecule has 0 amide bonds. The third-order valence-corrected chi connectivity index (χ3v) is 3.46. The highest BCUT2D eigenvalue weighted by Crippen LogP contribution is 2.49. The molecule has 0 aliphatic heterocycles. The fourth-order valence-corrected chi connectivity index (χ4v) is 2.81. The Kier molecular flexibility index (Phi) is 2.77. The topological polar surface area (TPSA) is 50.1 Å². The van der Waals surface area contributed by atoms with E-state index in [1.807, 2.05) is 6.07 Å². The molecule has 0 N–H and O–H groups in total. The van der Waals surface area contributed by atoms with E-state index in [2.05, 4.69) is 0 Å². The molecule has 2 aliphatic carbocycles. The molecule has 2 atom stereocenters. The molecule has 2 unspecified atom stereocenters. The van der Waals surface area contributed by atoms with Gasteiger partial charge in [-0.3, -0.25) is 0 Å². The lowest BCUT2D eigenvalue weighted by Gasteiger charge is -2.14. The Bertz CT molecular complexity index is 351. The van der Waals surface area contributed by atoms with Gasteiger partial charge in [0.1, 0.15) is 11.6 Å². The second-order valence-electron chi connectivity index (χ2n) is 4.31. The number of hydrogen-bond acceptors (Lipinski definition) is 3. The zero-order chi connectivity index (χ0) is 10.8. The average molecular weight is 205 g/mol. The summed E-state index contributed by atoms with van der Waals surface area (Å²) in [6, 6.07) is 2.02. The number of allylic oxidation sites excluding steroid dienone is 1. The number of fused-ring (bicyclic) bond motifs is 2. The van der Waals surface area contributed by atoms with Gasteiger partial charge in [-0.15, -0.1) is 0 Å². The summed E-state index contributed by atoms with van der Waals surface area (Å²) < 4.78 is 4.90. The van der Waals surface area contributed by atoms with Crippen molar-refractivity contribution in [2.45, 2.75) is 32.6 Å². The van der Waals surface area contributed by atoms with Crippen LogP contribution in [0.25, 0.3) is 0 Å². The minimum absolute atomic E-state index is 0.282. The molecule has 0 aromatic carbocycles. The Hall–Kier alpha value is -1.30. The molecule has 2 bridgehead atoms. The molecular weight excluding hydrogens is 190 g/mol. The van der Waals surface area contributed by atoms with Crippen molar-refractivity contribution >= 4 is 5.97 Å². The lowest BCUT2D eigenvalue weighted by Crippen LogP contribution is -2.12. The van der Waals surface area contributed by atoms with Crippen LogP contribution in [0.15, 0.2) is 11.1 Å². The van der Waals surface area contributed by atoms with Crippen molar-refractivity contribution in [1.29, 1.82) is 5.26 Å². The minimum atomic E-state index is -0.428. The Morgan fingerprint density at radius 3 is 2.87 bits per heavy atom. The third-order valence-electron chi connectivity index (χ3n) is 3.46. The van der Waals surface area contributed by atoms with E-state index in [0.29, 0.717) is 18.4 Å². The molecule has 80 valence electrons. The first-order valence-corrected chi connectivity index (χ1v) is 5.56. The second-order valence-corrected chi connectivity index (χ2v) is 4.31. The smallest absolute Gasteiger partial charge is 0.348 e. The molecule has 0 aromatic rings. The van der Waals surface area contributed by atoms with Gasteiger partial charge >= 0.3 is 5.97 Å². The molecule has 0 heterocycles. The normalized spacial score (nSPS) is 31.2. The molecule has 2 fully saturated rings. The van der Waals surface area contributed by atoms with Gasteiger partial charge in [0.15, 0.2) is 0 Å². The predicted octanol–water partition coefficient (Wildman–Crippen LogP) is 2.19. The molecule has 2 rings (SSSR count). The fourth-order valence-electron chi connectivity index (χ4n) is 2.81. The van der Waals surface area contributed by atoms with Gasteiger partial charge in [-0.1, -0.05) is 0 Å². The van der Waals surface area contributed by atoms with E-state index in [1.165, 1.54) is 12.8 Å². The highest BCUT2D eigenvalue weighted by atomic mass is 16.5. The van der Waals surface area contributed by atoms with Crippen molar-refractivity contribution in [3.05, 3.63) is 11.1 Å². The summed E-state index contributed by atoms with van der Waals surface area (Å²) >= 11 is 0. The van der Waals surface area contributed by atoms with Crippen LogP contribution in [-0.4, -0.2) is 12.6 Å². The lowest BCUT2D eigenvalue weighted by atomic mass is 9.91. The number of carbonyl (C=O) groups excluding carboxylic acids is 1. The molecule has 0 aromatic heterocycles. The van der Waals surface area contributed by atoms with E-state index in [4.69, 9.17) is 10.00 Å². The number of rotatable bonds is 2. The van der Waals surface area contributed by atoms with Gasteiger partial charge in [-0.05, 0) is 50.0 Å². The first-order chi connectivity index (χ1) is 7.26. The molecule has 2 saturated carbocycles. The number of esters is 1. The summed E-state index contributed by atoms with van der Waals surface area (Å²) in [4.78, 5) is 11.5. The van der Waals surface area contributed by atoms with Gasteiger partial charge < -0.3 is 4.74 Å². The summed E-state index contributed by atoms with van der Waals surface area (Å²) in [5.41, 5.74) is 1.34. The largest absolute Gasteiger partial charge is 0.462 e. The van der Waals surface area contributed by atoms with E-state index in [-0.39, 0.29) is 5.57 Å². The van der Waals surface area contributed by atoms with E-state index in [9.17, 15) is 4.79 Å². The molecule has 3 nitrogen and oxygen atoms in total. The molecular formula is C12H15NO2. The van der Waals surface area contributed by atoms with Gasteiger partial charge in [0.25, 0.3) is 0 Å². The van der Waals surface area contributed by atoms with Crippen LogP contribution in [0.2, 0.25) is 0 Å². The standard InChI is InChI=1S/C12H15NO2/c1-2-15-12(14)11(7-13)10-6-8-3-4-9(10)5-8/h8-9H,2-6H2,1H3/b11-10+. The summed E-state index contributed by atoms with van der Waals surface area (Å²) in [5, 5.41) is 9.00. The van der Waals surface area contributed by atoms with Gasteiger partial charge in [0.2, 0.25) is 0 Å². The number of ether oxygens (including phenoxy) is 1. The Labute approximate surface area is 89.7 Å². The second kappa shape index (κ2) is 4.06. The fraction of sp³-hybridized carbons (Fsp3) is 0.667. The summed E-state index contributed by atoms with van der Waals surface area (Å²) in [7, 11) is 0. The maximum absolute atomic E-state index is 11.5. The first kappa shape index (κ1) is 10.2. The van der Waals surface area contributed by atoms with Crippen LogP contribution >= 0.6 is 0 Å². The highest BCUT2D eigenvalue weighted by Gasteiger charge is 2.38. The number of nitriles is 1. The van der Waals surface area contributed by atoms with Crippen molar-refractivity contribution in [3.8, 4) is 6.07 Å². The molecule has 0 radical (unpaired) electrons. The van der Waals surface area contributed by atoms with E-state index in [1.54, 1.807) is 6.92 Å². The SMILES string of the molecule is CCOC(=O)/C(C#N)=C1\CC2CCC1C2. The third kappa shape index (κ3) is 1.77. The predicted molar refractivity (Wildman–Crippen MR) is 54.7 cm³/mol. The van der Waals surface area contributed by atoms with Gasteiger partial charge in [-0.2, -0.15) is 5.26 Å². The van der Waals surface area contributed by atoms with Crippen molar-refractivity contribution in [2.75, 3.05) is 6.61 Å². The molecule has 3 heteroatoms. The molecule has 0 saturated heterocycles. The molecule has 15 heavy (non-hydrogen) atoms. The van der Waals surface area contributed by atoms with Gasteiger partial charge in [0, 0.05) is 0 Å². The maximum Gasteiger partial charge on any atom is 0.348 e. The average Bonchev–Trinajstić information content (AvgIpc) is 2.81. The van der Waals surface area contributed by atoms with E-state index < -0.39 is 5.97 Å². The number of hydrogen-bond donors (Lipinski definition) is 0. The zero-order valence-corrected chi connectivity index (χ0v) is 8.95. The first-order valence-electron chi connectivity index (χ1n) is 5.56. The van der Waals surface area contributed by atoms with Crippen LogP contribution in [0.1, 0.15) is 32.6 Å². The van der Waals surface area contributed by atoms with Crippen LogP contribution in [0.4, 0.5) is 0 Å². The monoisotopic (exact) mass is 205 g/mol. The Morgan fingerprint density at radius 1 is 1.60 bits per heavy atom. The van der Waals surface area contributed by atoms with Crippen molar-refractivity contribution in [2.24, 2.45) is 11.8 Å². The maximum atomic E-state index is 11.5. The molecule has 0 spiro atoms. The van der Waals surface area contributed by atoms with Crippen molar-refractivity contribution in [1.82, 2.24) is 0 Å². The van der Waals surface area contributed by atoms with Gasteiger partial charge in [0.05, 0.1) is 6.61 Å². The highest BCUT2D eigenvalue weighted by molar-refractivity contribution is 5.93. The summed E-state index contributed by atoms with van der Waals surface area (Å²) in [5.74, 6) is 0.763. The van der Waals surface area contributed by atoms with Crippen LogP contribution < -0.4 is 0 Å². The Morgan fingerprint density at radius 2 is 2.40 bits per heavy atom. The van der Waals surface area contributed by atoms with Crippen molar-refractivity contribution < 1.29 is 9.53 Å². The van der Waals surface area contributed by atoms with E-state index in [0.717, 1.165) is 18.4 Å². The summed E-state index contributed by atoms with van der Waals surface area (Å²) in [6.45, 7) is 2.10.